The van der Waals surface area contributed by atoms with Crippen LogP contribution in [0, 0.1) is 5.82 Å². The molecular formula is C5H2B2FN. The molecule has 0 aliphatic carbocycles. The van der Waals surface area contributed by atoms with E-state index in [-0.39, 0.29) is 11.2 Å². The van der Waals surface area contributed by atoms with Gasteiger partial charge in [-0.2, -0.15) is 0 Å². The van der Waals surface area contributed by atoms with Crippen molar-refractivity contribution >= 4 is 26.9 Å². The molecule has 1 heterocycles. The van der Waals surface area contributed by atoms with Crippen LogP contribution in [0.3, 0.4) is 0 Å². The summed E-state index contributed by atoms with van der Waals surface area (Å²) in [6.45, 7) is 0. The summed E-state index contributed by atoms with van der Waals surface area (Å²) in [4.78, 5) is 3.55. The molecule has 0 fully saturated rings. The first-order valence-electron chi connectivity index (χ1n) is 2.37. The van der Waals surface area contributed by atoms with Gasteiger partial charge in [0, 0.05) is 0 Å². The third kappa shape index (κ3) is 1.56. The highest BCUT2D eigenvalue weighted by Crippen LogP contribution is 1.84. The second-order valence-corrected chi connectivity index (χ2v) is 1.64. The molecule has 0 saturated carbocycles. The molecule has 1 aromatic rings. The van der Waals surface area contributed by atoms with Gasteiger partial charge in [-0.25, -0.2) is 4.39 Å². The van der Waals surface area contributed by atoms with Crippen LogP contribution in [-0.2, 0) is 0 Å². The molecule has 0 bridgehead atoms. The Labute approximate surface area is 55.1 Å². The van der Waals surface area contributed by atoms with Crippen molar-refractivity contribution in [3.63, 3.8) is 0 Å². The monoisotopic (exact) mass is 117 g/mol. The van der Waals surface area contributed by atoms with Crippen molar-refractivity contribution in [2.45, 2.75) is 0 Å². The number of nitrogens with zero attached hydrogens (tertiary/aromatic N) is 1. The molecule has 1 nitrogen and oxygen atoms in total. The molecule has 0 amide bonds. The lowest BCUT2D eigenvalue weighted by atomic mass is 9.98. The van der Waals surface area contributed by atoms with Crippen LogP contribution in [0.25, 0.3) is 0 Å². The summed E-state index contributed by atoms with van der Waals surface area (Å²) >= 11 is 0. The highest BCUT2D eigenvalue weighted by Gasteiger charge is 1.91. The lowest BCUT2D eigenvalue weighted by molar-refractivity contribution is 0.628. The molecule has 40 valence electrons. The van der Waals surface area contributed by atoms with Gasteiger partial charge in [0.15, 0.2) is 0 Å². The molecule has 0 spiro atoms. The van der Waals surface area contributed by atoms with Gasteiger partial charge in [0.25, 0.3) is 0 Å². The molecule has 0 unspecified atom stereocenters. The average Bonchev–Trinajstić information content (AvgIpc) is 1.59. The van der Waals surface area contributed by atoms with Gasteiger partial charge in [-0.05, 0) is 23.3 Å². The summed E-state index contributed by atoms with van der Waals surface area (Å²) in [6, 6.07) is 2.22. The van der Waals surface area contributed by atoms with Crippen LogP contribution in [0.15, 0.2) is 12.1 Å². The summed E-state index contributed by atoms with van der Waals surface area (Å²) in [6.07, 6.45) is 0. The van der Waals surface area contributed by atoms with Gasteiger partial charge in [-0.15, -0.1) is 0 Å². The summed E-state index contributed by atoms with van der Waals surface area (Å²) in [5, 5.41) is 0. The van der Waals surface area contributed by atoms with E-state index in [4.69, 9.17) is 15.7 Å². The molecule has 0 aliphatic rings. The Morgan fingerprint density at radius 3 is 2.00 bits per heavy atom. The van der Waals surface area contributed by atoms with E-state index in [0.717, 1.165) is 12.1 Å². The first-order chi connectivity index (χ1) is 4.18. The Morgan fingerprint density at radius 1 is 1.22 bits per heavy atom. The zero-order valence-corrected chi connectivity index (χ0v) is 4.63. The zero-order valence-electron chi connectivity index (χ0n) is 4.63. The second-order valence-electron chi connectivity index (χ2n) is 1.64. The van der Waals surface area contributed by atoms with Gasteiger partial charge in [-0.1, -0.05) is 0 Å². The van der Waals surface area contributed by atoms with Crippen LogP contribution in [0.2, 0.25) is 0 Å². The van der Waals surface area contributed by atoms with E-state index in [1.54, 1.807) is 0 Å². The van der Waals surface area contributed by atoms with Gasteiger partial charge in [0.05, 0.1) is 0 Å². The van der Waals surface area contributed by atoms with Gasteiger partial charge in [0.2, 0.25) is 0 Å². The highest BCUT2D eigenvalue weighted by atomic mass is 19.1. The van der Waals surface area contributed by atoms with Crippen molar-refractivity contribution in [3.8, 4) is 0 Å². The Kier molecular flexibility index (Phi) is 1.56. The van der Waals surface area contributed by atoms with E-state index in [1.165, 1.54) is 0 Å². The minimum Gasteiger partial charge on any atom is -0.281 e. The van der Waals surface area contributed by atoms with Crippen LogP contribution >= 0.6 is 0 Å². The summed E-state index contributed by atoms with van der Waals surface area (Å²) in [7, 11) is 10.3. The molecule has 0 saturated heterocycles. The fourth-order valence-electron chi connectivity index (χ4n) is 0.538. The van der Waals surface area contributed by atoms with Gasteiger partial charge >= 0.3 is 0 Å². The fraction of sp³-hybridized carbons (Fsp3) is 0. The van der Waals surface area contributed by atoms with Crippen LogP contribution in [-0.4, -0.2) is 20.7 Å². The molecule has 4 heteroatoms. The van der Waals surface area contributed by atoms with Crippen LogP contribution in [0.5, 0.6) is 0 Å². The predicted octanol–water partition coefficient (Wildman–Crippen LogP) is -1.19. The van der Waals surface area contributed by atoms with E-state index >= 15 is 0 Å². The molecule has 0 aromatic carbocycles. The fourth-order valence-corrected chi connectivity index (χ4v) is 0.538. The topological polar surface area (TPSA) is 12.9 Å². The third-order valence-electron chi connectivity index (χ3n) is 0.830. The lowest BCUT2D eigenvalue weighted by Gasteiger charge is -1.94. The largest absolute Gasteiger partial charge is 0.281 e. The Bertz CT molecular complexity index is 176. The summed E-state index contributed by atoms with van der Waals surface area (Å²) in [5.41, 5.74) is 0.208. The summed E-state index contributed by atoms with van der Waals surface area (Å²) < 4.78 is 12.2. The minimum absolute atomic E-state index is 0.104. The zero-order chi connectivity index (χ0) is 6.85. The minimum atomic E-state index is -0.458. The normalized spacial score (nSPS) is 9.44. The average molecular weight is 117 g/mol. The van der Waals surface area contributed by atoms with Crippen molar-refractivity contribution in [2.24, 2.45) is 0 Å². The molecule has 0 N–H and O–H groups in total. The maximum atomic E-state index is 12.2. The van der Waals surface area contributed by atoms with Crippen molar-refractivity contribution in [1.82, 2.24) is 4.98 Å². The summed E-state index contributed by atoms with van der Waals surface area (Å²) in [5.74, 6) is -0.458. The molecule has 0 aliphatic heterocycles. The molecule has 9 heavy (non-hydrogen) atoms. The van der Waals surface area contributed by atoms with Crippen LogP contribution in [0.1, 0.15) is 0 Å². The third-order valence-corrected chi connectivity index (χ3v) is 0.830. The molecule has 0 atom stereocenters. The number of aromatic nitrogens is 1. The van der Waals surface area contributed by atoms with E-state index in [1.807, 2.05) is 0 Å². The standard InChI is InChI=1S/C5H2B2FN/c6-4-1-3(8)2-5(7)9-4/h1-2H. The number of hydrogen-bond donors (Lipinski definition) is 0. The predicted molar refractivity (Wildman–Crippen MR) is 35.0 cm³/mol. The van der Waals surface area contributed by atoms with Crippen LogP contribution < -0.4 is 11.2 Å². The van der Waals surface area contributed by atoms with E-state index in [9.17, 15) is 4.39 Å². The number of pyridine rings is 1. The van der Waals surface area contributed by atoms with Gasteiger partial charge in [-0.3, -0.25) is 4.98 Å². The first kappa shape index (κ1) is 6.33. The maximum Gasteiger partial charge on any atom is 0.141 e. The molecular weight excluding hydrogens is 115 g/mol. The van der Waals surface area contributed by atoms with Gasteiger partial charge in [0.1, 0.15) is 21.5 Å². The number of halogens is 1. The second kappa shape index (κ2) is 2.21. The van der Waals surface area contributed by atoms with E-state index in [0.29, 0.717) is 0 Å². The van der Waals surface area contributed by atoms with E-state index in [2.05, 4.69) is 4.98 Å². The van der Waals surface area contributed by atoms with Crippen molar-refractivity contribution in [1.29, 1.82) is 0 Å². The van der Waals surface area contributed by atoms with Crippen LogP contribution in [0.4, 0.5) is 4.39 Å². The van der Waals surface area contributed by atoms with E-state index < -0.39 is 5.82 Å². The maximum absolute atomic E-state index is 12.2. The SMILES string of the molecule is [B]c1cc(F)cc([B])n1. The molecule has 1 aromatic heterocycles. The van der Waals surface area contributed by atoms with Crippen molar-refractivity contribution < 1.29 is 4.39 Å². The molecule has 1 rings (SSSR count). The lowest BCUT2D eigenvalue weighted by Crippen LogP contribution is -2.21. The smallest absolute Gasteiger partial charge is 0.141 e. The highest BCUT2D eigenvalue weighted by molar-refractivity contribution is 6.34. The van der Waals surface area contributed by atoms with Crippen molar-refractivity contribution in [3.05, 3.63) is 17.9 Å². The Balaban J connectivity index is 3.17. The first-order valence-corrected chi connectivity index (χ1v) is 2.37. The van der Waals surface area contributed by atoms with Crippen molar-refractivity contribution in [2.75, 3.05) is 0 Å². The Morgan fingerprint density at radius 2 is 1.67 bits per heavy atom. The Hall–Kier alpha value is -0.790. The number of hydrogen-bond acceptors (Lipinski definition) is 1. The van der Waals surface area contributed by atoms with Gasteiger partial charge < -0.3 is 0 Å². The number of rotatable bonds is 0. The molecule has 4 radical (unpaired) electrons. The quantitative estimate of drug-likeness (QED) is 0.389.